The zero-order valence-corrected chi connectivity index (χ0v) is 16.1. The van der Waals surface area contributed by atoms with E-state index in [9.17, 15) is 4.79 Å². The first-order valence-corrected chi connectivity index (χ1v) is 9.31. The van der Waals surface area contributed by atoms with E-state index in [1.165, 1.54) is 24.0 Å². The molecule has 2 atom stereocenters. The fourth-order valence-corrected chi connectivity index (χ4v) is 3.44. The number of nitrogens with one attached hydrogen (secondary N) is 2. The van der Waals surface area contributed by atoms with E-state index in [4.69, 9.17) is 4.74 Å². The molecule has 3 rings (SSSR count). The van der Waals surface area contributed by atoms with Crippen LogP contribution in [-0.4, -0.2) is 31.7 Å². The quantitative estimate of drug-likeness (QED) is 0.778. The molecule has 1 aromatic rings. The highest BCUT2D eigenvalue weighted by atomic mass is 35.5. The minimum Gasteiger partial charge on any atom is -0.378 e. The summed E-state index contributed by atoms with van der Waals surface area (Å²) in [5.41, 5.74) is 2.62. The van der Waals surface area contributed by atoms with Gasteiger partial charge in [-0.2, -0.15) is 0 Å². The van der Waals surface area contributed by atoms with Crippen LogP contribution in [0.2, 0.25) is 0 Å². The van der Waals surface area contributed by atoms with E-state index in [0.717, 1.165) is 19.6 Å². The SMILES string of the molecule is CC(C)Cc1ccc(C(NC(=O)CC2COCCN2)C2CC2)cc1.Cl. The number of rotatable bonds is 7. The maximum absolute atomic E-state index is 12.4. The summed E-state index contributed by atoms with van der Waals surface area (Å²) < 4.78 is 5.43. The molecule has 0 radical (unpaired) electrons. The Bertz CT molecular complexity index is 537. The van der Waals surface area contributed by atoms with E-state index >= 15 is 0 Å². The van der Waals surface area contributed by atoms with Crippen LogP contribution in [0.15, 0.2) is 24.3 Å². The van der Waals surface area contributed by atoms with Crippen LogP contribution >= 0.6 is 12.4 Å². The minimum absolute atomic E-state index is 0. The van der Waals surface area contributed by atoms with Crippen molar-refractivity contribution >= 4 is 18.3 Å². The molecule has 2 unspecified atom stereocenters. The Morgan fingerprint density at radius 1 is 1.28 bits per heavy atom. The molecule has 25 heavy (non-hydrogen) atoms. The Morgan fingerprint density at radius 3 is 2.56 bits per heavy atom. The molecule has 0 bridgehead atoms. The van der Waals surface area contributed by atoms with E-state index in [2.05, 4.69) is 48.7 Å². The summed E-state index contributed by atoms with van der Waals surface area (Å²) in [4.78, 5) is 12.4. The first kappa shape index (κ1) is 20.2. The molecule has 5 heteroatoms. The average Bonchev–Trinajstić information content (AvgIpc) is 3.39. The molecule has 4 nitrogen and oxygen atoms in total. The lowest BCUT2D eigenvalue weighted by molar-refractivity contribution is -0.123. The first-order valence-electron chi connectivity index (χ1n) is 9.31. The number of carbonyl (C=O) groups is 1. The number of ether oxygens (including phenoxy) is 1. The van der Waals surface area contributed by atoms with Gasteiger partial charge in [0.15, 0.2) is 0 Å². The molecule has 0 aromatic heterocycles. The summed E-state index contributed by atoms with van der Waals surface area (Å²) in [7, 11) is 0. The summed E-state index contributed by atoms with van der Waals surface area (Å²) in [6.07, 6.45) is 4.02. The Morgan fingerprint density at radius 2 is 2.00 bits per heavy atom. The molecule has 2 N–H and O–H groups in total. The third-order valence-electron chi connectivity index (χ3n) is 4.82. The fraction of sp³-hybridized carbons (Fsp3) is 0.650. The van der Waals surface area contributed by atoms with Crippen LogP contribution < -0.4 is 10.6 Å². The van der Waals surface area contributed by atoms with Crippen molar-refractivity contribution in [1.29, 1.82) is 0 Å². The number of halogens is 1. The number of hydrogen-bond donors (Lipinski definition) is 2. The Kier molecular flexibility index (Phi) is 7.73. The van der Waals surface area contributed by atoms with Crippen molar-refractivity contribution in [1.82, 2.24) is 10.6 Å². The third kappa shape index (κ3) is 6.28. The van der Waals surface area contributed by atoms with E-state index in [1.54, 1.807) is 0 Å². The van der Waals surface area contributed by atoms with Crippen molar-refractivity contribution in [3.63, 3.8) is 0 Å². The van der Waals surface area contributed by atoms with Gasteiger partial charge in [-0.25, -0.2) is 0 Å². The van der Waals surface area contributed by atoms with Crippen LogP contribution in [0, 0.1) is 11.8 Å². The second kappa shape index (κ2) is 9.56. The van der Waals surface area contributed by atoms with Gasteiger partial charge in [-0.05, 0) is 42.2 Å². The van der Waals surface area contributed by atoms with E-state index in [-0.39, 0.29) is 30.4 Å². The van der Waals surface area contributed by atoms with Gasteiger partial charge in [-0.1, -0.05) is 38.1 Å². The van der Waals surface area contributed by atoms with Gasteiger partial charge in [0.05, 0.1) is 19.3 Å². The molecule has 140 valence electrons. The number of amides is 1. The lowest BCUT2D eigenvalue weighted by Crippen LogP contribution is -2.44. The Labute approximate surface area is 157 Å². The zero-order valence-electron chi connectivity index (χ0n) is 15.3. The molecule has 1 saturated carbocycles. The third-order valence-corrected chi connectivity index (χ3v) is 4.82. The maximum Gasteiger partial charge on any atom is 0.222 e. The maximum atomic E-state index is 12.4. The largest absolute Gasteiger partial charge is 0.378 e. The smallest absolute Gasteiger partial charge is 0.222 e. The zero-order chi connectivity index (χ0) is 16.9. The van der Waals surface area contributed by atoms with Crippen molar-refractivity contribution < 1.29 is 9.53 Å². The highest BCUT2D eigenvalue weighted by Crippen LogP contribution is 2.41. The molecule has 1 heterocycles. The molecular formula is C20H31ClN2O2. The van der Waals surface area contributed by atoms with Crippen LogP contribution in [0.5, 0.6) is 0 Å². The molecule has 1 amide bonds. The van der Waals surface area contributed by atoms with Crippen molar-refractivity contribution in [3.8, 4) is 0 Å². The lowest BCUT2D eigenvalue weighted by Gasteiger charge is -2.25. The summed E-state index contributed by atoms with van der Waals surface area (Å²) in [6, 6.07) is 9.13. The Balaban J connectivity index is 0.00000225. The highest BCUT2D eigenvalue weighted by Gasteiger charge is 2.33. The monoisotopic (exact) mass is 366 g/mol. The van der Waals surface area contributed by atoms with Crippen LogP contribution in [0.25, 0.3) is 0 Å². The van der Waals surface area contributed by atoms with Crippen LogP contribution in [0.3, 0.4) is 0 Å². The predicted molar refractivity (Wildman–Crippen MR) is 103 cm³/mol. The van der Waals surface area contributed by atoms with Crippen molar-refractivity contribution in [2.24, 2.45) is 11.8 Å². The number of hydrogen-bond acceptors (Lipinski definition) is 3. The molecule has 1 aliphatic carbocycles. The van der Waals surface area contributed by atoms with Crippen LogP contribution in [0.4, 0.5) is 0 Å². The Hall–Kier alpha value is -1.10. The summed E-state index contributed by atoms with van der Waals surface area (Å²) in [6.45, 7) is 6.69. The van der Waals surface area contributed by atoms with E-state index < -0.39 is 0 Å². The molecule has 0 spiro atoms. The number of carbonyl (C=O) groups excluding carboxylic acids is 1. The van der Waals surface area contributed by atoms with Crippen molar-refractivity contribution in [2.75, 3.05) is 19.8 Å². The molecule has 1 aromatic carbocycles. The molecule has 1 saturated heterocycles. The first-order chi connectivity index (χ1) is 11.6. The highest BCUT2D eigenvalue weighted by molar-refractivity contribution is 5.85. The molecule has 1 aliphatic heterocycles. The molecule has 2 aliphatic rings. The molecule has 2 fully saturated rings. The molecular weight excluding hydrogens is 336 g/mol. The van der Waals surface area contributed by atoms with Gasteiger partial charge >= 0.3 is 0 Å². The minimum atomic E-state index is 0. The normalized spacial score (nSPS) is 21.5. The van der Waals surface area contributed by atoms with Crippen molar-refractivity contribution in [3.05, 3.63) is 35.4 Å². The topological polar surface area (TPSA) is 50.4 Å². The van der Waals surface area contributed by atoms with Gasteiger partial charge in [0, 0.05) is 19.0 Å². The van der Waals surface area contributed by atoms with Crippen LogP contribution in [-0.2, 0) is 16.0 Å². The summed E-state index contributed by atoms with van der Waals surface area (Å²) in [5.74, 6) is 1.39. The van der Waals surface area contributed by atoms with Gasteiger partial charge in [-0.3, -0.25) is 4.79 Å². The second-order valence-electron chi connectivity index (χ2n) is 7.65. The van der Waals surface area contributed by atoms with Gasteiger partial charge in [0.2, 0.25) is 5.91 Å². The van der Waals surface area contributed by atoms with E-state index in [1.807, 2.05) is 0 Å². The second-order valence-corrected chi connectivity index (χ2v) is 7.65. The summed E-state index contributed by atoms with van der Waals surface area (Å²) >= 11 is 0. The summed E-state index contributed by atoms with van der Waals surface area (Å²) in [5, 5.41) is 6.62. The standard InChI is InChI=1S/C20H30N2O2.ClH/c1-14(2)11-15-3-5-16(6-4-15)20(17-7-8-17)22-19(23)12-18-13-24-10-9-21-18;/h3-6,14,17-18,20-21H,7-13H2,1-2H3,(H,22,23);1H. The van der Waals surface area contributed by atoms with Gasteiger partial charge in [0.25, 0.3) is 0 Å². The van der Waals surface area contributed by atoms with E-state index in [0.29, 0.717) is 24.9 Å². The number of benzene rings is 1. The fourth-order valence-electron chi connectivity index (χ4n) is 3.44. The van der Waals surface area contributed by atoms with Gasteiger partial charge in [0.1, 0.15) is 0 Å². The van der Waals surface area contributed by atoms with Crippen LogP contribution in [0.1, 0.15) is 50.3 Å². The van der Waals surface area contributed by atoms with Gasteiger partial charge in [-0.15, -0.1) is 12.4 Å². The average molecular weight is 367 g/mol. The predicted octanol–water partition coefficient (Wildman–Crippen LogP) is 3.25. The van der Waals surface area contributed by atoms with Crippen molar-refractivity contribution in [2.45, 2.75) is 51.6 Å². The lowest BCUT2D eigenvalue weighted by atomic mass is 9.97. The van der Waals surface area contributed by atoms with Gasteiger partial charge < -0.3 is 15.4 Å². The number of morpholine rings is 1.